The van der Waals surface area contributed by atoms with Gasteiger partial charge in [0.05, 0.1) is 24.6 Å². The SMILES string of the molecule is CNCc1ccccc1-c1csc([C@@H](C)Nc2nn(C)c(=O)c3ccc(N4CCOCC4)cc23)c1. The quantitative estimate of drug-likeness (QED) is 0.401. The van der Waals surface area contributed by atoms with Crippen molar-refractivity contribution >= 4 is 33.6 Å². The van der Waals surface area contributed by atoms with Crippen LogP contribution in [-0.2, 0) is 18.3 Å². The lowest BCUT2D eigenvalue weighted by atomic mass is 10.0. The van der Waals surface area contributed by atoms with E-state index in [2.05, 4.69) is 69.3 Å². The Morgan fingerprint density at radius 1 is 1.11 bits per heavy atom. The minimum Gasteiger partial charge on any atom is -0.378 e. The average molecular weight is 490 g/mol. The Hall–Kier alpha value is -3.20. The van der Waals surface area contributed by atoms with Gasteiger partial charge in [0.25, 0.3) is 5.56 Å². The molecule has 2 N–H and O–H groups in total. The molecule has 2 aromatic heterocycles. The monoisotopic (exact) mass is 489 g/mol. The summed E-state index contributed by atoms with van der Waals surface area (Å²) in [5.41, 5.74) is 4.74. The van der Waals surface area contributed by atoms with E-state index in [1.54, 1.807) is 18.4 Å². The van der Waals surface area contributed by atoms with Crippen LogP contribution in [0.15, 0.2) is 58.7 Å². The molecule has 2 aromatic carbocycles. The van der Waals surface area contributed by atoms with E-state index in [1.165, 1.54) is 26.2 Å². The van der Waals surface area contributed by atoms with Crippen LogP contribution in [0.1, 0.15) is 23.4 Å². The third kappa shape index (κ3) is 4.82. The van der Waals surface area contributed by atoms with Crippen molar-refractivity contribution in [3.63, 3.8) is 0 Å². The Balaban J connectivity index is 1.46. The number of aryl methyl sites for hydroxylation is 1. The summed E-state index contributed by atoms with van der Waals surface area (Å²) in [5, 5.41) is 15.2. The van der Waals surface area contributed by atoms with Gasteiger partial charge in [0, 0.05) is 42.6 Å². The molecule has 0 radical (unpaired) electrons. The first-order valence-electron chi connectivity index (χ1n) is 12.0. The molecule has 1 aliphatic rings. The van der Waals surface area contributed by atoms with Crippen molar-refractivity contribution in [3.05, 3.63) is 74.7 Å². The Labute approximate surface area is 209 Å². The fourth-order valence-electron chi connectivity index (χ4n) is 4.61. The number of fused-ring (bicyclic) bond motifs is 1. The number of hydrogen-bond donors (Lipinski definition) is 2. The maximum atomic E-state index is 12.8. The first kappa shape index (κ1) is 23.5. The number of anilines is 2. The molecule has 8 heteroatoms. The predicted octanol–water partition coefficient (Wildman–Crippen LogP) is 4.39. The maximum absolute atomic E-state index is 12.8. The second-order valence-electron chi connectivity index (χ2n) is 8.90. The van der Waals surface area contributed by atoms with Crippen LogP contribution in [0, 0.1) is 0 Å². The van der Waals surface area contributed by atoms with Crippen LogP contribution in [0.4, 0.5) is 11.5 Å². The summed E-state index contributed by atoms with van der Waals surface area (Å²) in [7, 11) is 3.67. The van der Waals surface area contributed by atoms with Crippen LogP contribution in [0.5, 0.6) is 0 Å². The zero-order chi connectivity index (χ0) is 24.4. The largest absolute Gasteiger partial charge is 0.378 e. The number of thiophene rings is 1. The number of nitrogens with zero attached hydrogens (tertiary/aromatic N) is 3. The first-order chi connectivity index (χ1) is 17.0. The standard InChI is InChI=1S/C27H31N5O2S/c1-18(25-14-20(17-35-25)22-7-5-4-6-19(22)16-28-2)29-26-24-15-21(32-10-12-34-13-11-32)8-9-23(24)27(33)31(3)30-26/h4-9,14-15,17-18,28H,10-13,16H2,1-3H3,(H,29,30)/t18-/m1/s1. The average Bonchev–Trinajstić information content (AvgIpc) is 3.38. The minimum absolute atomic E-state index is 0.0328. The zero-order valence-corrected chi connectivity index (χ0v) is 21.2. The fourth-order valence-corrected chi connectivity index (χ4v) is 5.52. The number of morpholine rings is 1. The summed E-state index contributed by atoms with van der Waals surface area (Å²) in [6.45, 7) is 6.08. The van der Waals surface area contributed by atoms with Crippen LogP contribution in [-0.4, -0.2) is 43.1 Å². The third-order valence-corrected chi connectivity index (χ3v) is 7.62. The molecule has 4 aromatic rings. The molecule has 1 fully saturated rings. The van der Waals surface area contributed by atoms with Crippen molar-refractivity contribution < 1.29 is 4.74 Å². The Morgan fingerprint density at radius 2 is 1.91 bits per heavy atom. The van der Waals surface area contributed by atoms with Crippen molar-refractivity contribution in [2.24, 2.45) is 7.05 Å². The predicted molar refractivity (Wildman–Crippen MR) is 145 cm³/mol. The summed E-state index contributed by atoms with van der Waals surface area (Å²) >= 11 is 1.74. The molecule has 0 unspecified atom stereocenters. The highest BCUT2D eigenvalue weighted by atomic mass is 32.1. The van der Waals surface area contributed by atoms with Gasteiger partial charge in [-0.15, -0.1) is 11.3 Å². The van der Waals surface area contributed by atoms with E-state index in [9.17, 15) is 4.79 Å². The molecule has 0 bridgehead atoms. The van der Waals surface area contributed by atoms with Crippen LogP contribution in [0.2, 0.25) is 0 Å². The molecule has 0 spiro atoms. The summed E-state index contributed by atoms with van der Waals surface area (Å²) in [6.07, 6.45) is 0. The fraction of sp³-hybridized carbons (Fsp3) is 0.333. The van der Waals surface area contributed by atoms with Gasteiger partial charge in [0.1, 0.15) is 0 Å². The minimum atomic E-state index is -0.0914. The van der Waals surface area contributed by atoms with E-state index < -0.39 is 0 Å². The van der Waals surface area contributed by atoms with E-state index in [-0.39, 0.29) is 11.6 Å². The summed E-state index contributed by atoms with van der Waals surface area (Å²) in [6, 6.07) is 16.8. The molecule has 5 rings (SSSR count). The van der Waals surface area contributed by atoms with Crippen LogP contribution in [0.25, 0.3) is 21.9 Å². The van der Waals surface area contributed by atoms with Crippen molar-refractivity contribution in [3.8, 4) is 11.1 Å². The molecular formula is C27H31N5O2S. The summed E-state index contributed by atoms with van der Waals surface area (Å²) in [4.78, 5) is 16.3. The summed E-state index contributed by atoms with van der Waals surface area (Å²) in [5.74, 6) is 0.718. The van der Waals surface area contributed by atoms with Crippen molar-refractivity contribution in [1.82, 2.24) is 15.1 Å². The first-order valence-corrected chi connectivity index (χ1v) is 12.8. The van der Waals surface area contributed by atoms with E-state index in [1.807, 2.05) is 19.2 Å². The molecule has 1 atom stereocenters. The van der Waals surface area contributed by atoms with E-state index in [4.69, 9.17) is 4.74 Å². The van der Waals surface area contributed by atoms with Crippen molar-refractivity contribution in [2.45, 2.75) is 19.5 Å². The third-order valence-electron chi connectivity index (χ3n) is 6.50. The second kappa shape index (κ2) is 10.2. The van der Waals surface area contributed by atoms with Gasteiger partial charge < -0.3 is 20.3 Å². The van der Waals surface area contributed by atoms with Gasteiger partial charge in [-0.25, -0.2) is 4.68 Å². The number of benzene rings is 2. The lowest BCUT2D eigenvalue weighted by Gasteiger charge is -2.29. The van der Waals surface area contributed by atoms with Gasteiger partial charge in [-0.1, -0.05) is 24.3 Å². The highest BCUT2D eigenvalue weighted by Gasteiger charge is 2.18. The van der Waals surface area contributed by atoms with Crippen LogP contribution in [0.3, 0.4) is 0 Å². The maximum Gasteiger partial charge on any atom is 0.274 e. The Morgan fingerprint density at radius 3 is 2.71 bits per heavy atom. The van der Waals surface area contributed by atoms with Gasteiger partial charge in [-0.3, -0.25) is 4.79 Å². The van der Waals surface area contributed by atoms with Gasteiger partial charge in [0.15, 0.2) is 5.82 Å². The molecular weight excluding hydrogens is 458 g/mol. The second-order valence-corrected chi connectivity index (χ2v) is 9.84. The number of aromatic nitrogens is 2. The van der Waals surface area contributed by atoms with E-state index >= 15 is 0 Å². The molecule has 3 heterocycles. The number of rotatable bonds is 7. The van der Waals surface area contributed by atoms with Gasteiger partial charge in [-0.05, 0) is 60.3 Å². The van der Waals surface area contributed by atoms with E-state index in [0.29, 0.717) is 18.6 Å². The molecule has 35 heavy (non-hydrogen) atoms. The molecule has 1 saturated heterocycles. The lowest BCUT2D eigenvalue weighted by molar-refractivity contribution is 0.122. The molecule has 0 aliphatic carbocycles. The van der Waals surface area contributed by atoms with Crippen molar-refractivity contribution in [1.29, 1.82) is 0 Å². The van der Waals surface area contributed by atoms with Gasteiger partial charge in [-0.2, -0.15) is 5.10 Å². The summed E-state index contributed by atoms with van der Waals surface area (Å²) < 4.78 is 6.92. The normalized spacial score (nSPS) is 14.9. The van der Waals surface area contributed by atoms with Gasteiger partial charge >= 0.3 is 0 Å². The molecule has 1 aliphatic heterocycles. The number of nitrogens with one attached hydrogen (secondary N) is 2. The van der Waals surface area contributed by atoms with Crippen LogP contribution < -0.4 is 21.1 Å². The lowest BCUT2D eigenvalue weighted by Crippen LogP contribution is -2.36. The highest BCUT2D eigenvalue weighted by molar-refractivity contribution is 7.10. The molecule has 7 nitrogen and oxygen atoms in total. The van der Waals surface area contributed by atoms with Crippen LogP contribution >= 0.6 is 11.3 Å². The van der Waals surface area contributed by atoms with Crippen molar-refractivity contribution in [2.75, 3.05) is 43.6 Å². The molecule has 182 valence electrons. The number of hydrogen-bond acceptors (Lipinski definition) is 7. The number of ether oxygens (including phenoxy) is 1. The van der Waals surface area contributed by atoms with E-state index in [0.717, 1.165) is 36.5 Å². The van der Waals surface area contributed by atoms with Gasteiger partial charge in [0.2, 0.25) is 0 Å². The highest BCUT2D eigenvalue weighted by Crippen LogP contribution is 2.34. The Kier molecular flexibility index (Phi) is 6.86. The molecule has 0 saturated carbocycles. The topological polar surface area (TPSA) is 71.4 Å². The zero-order valence-electron chi connectivity index (χ0n) is 20.4. The molecule has 0 amide bonds. The Bertz CT molecular complexity index is 1390. The smallest absolute Gasteiger partial charge is 0.274 e.